The zero-order valence-electron chi connectivity index (χ0n) is 11.0. The average Bonchev–Trinajstić information content (AvgIpc) is 2.97. The molecule has 0 amide bonds. The Morgan fingerprint density at radius 2 is 2.20 bits per heavy atom. The van der Waals surface area contributed by atoms with Gasteiger partial charge in [-0.05, 0) is 18.6 Å². The van der Waals surface area contributed by atoms with Crippen molar-refractivity contribution < 1.29 is 8.42 Å². The summed E-state index contributed by atoms with van der Waals surface area (Å²) in [6.07, 6.45) is 3.75. The number of sulfonamides is 1. The van der Waals surface area contributed by atoms with Crippen LogP contribution in [0.15, 0.2) is 29.6 Å². The largest absolute Gasteiger partial charge is 0.369 e. The molecule has 0 aromatic carbocycles. The van der Waals surface area contributed by atoms with Crippen molar-refractivity contribution in [3.8, 4) is 0 Å². The number of aromatic amines is 1. The predicted molar refractivity (Wildman–Crippen MR) is 73.4 cm³/mol. The van der Waals surface area contributed by atoms with Gasteiger partial charge in [0.1, 0.15) is 22.9 Å². The summed E-state index contributed by atoms with van der Waals surface area (Å²) < 4.78 is 27.0. The van der Waals surface area contributed by atoms with Gasteiger partial charge >= 0.3 is 0 Å². The molecule has 0 aliphatic rings. The summed E-state index contributed by atoms with van der Waals surface area (Å²) >= 11 is 0. The van der Waals surface area contributed by atoms with Crippen LogP contribution < -0.4 is 10.0 Å². The zero-order valence-corrected chi connectivity index (χ0v) is 11.8. The Morgan fingerprint density at radius 3 is 2.90 bits per heavy atom. The first kappa shape index (κ1) is 14.4. The Hall–Kier alpha value is -2.00. The number of nitrogens with one attached hydrogen (secondary N) is 3. The first-order valence-corrected chi connectivity index (χ1v) is 7.64. The molecule has 2 aromatic heterocycles. The van der Waals surface area contributed by atoms with Gasteiger partial charge in [0, 0.05) is 12.7 Å². The van der Waals surface area contributed by atoms with Crippen LogP contribution in [0, 0.1) is 0 Å². The minimum atomic E-state index is -3.66. The van der Waals surface area contributed by atoms with Gasteiger partial charge in [0.15, 0.2) is 0 Å². The maximum atomic E-state index is 12.3. The van der Waals surface area contributed by atoms with Crippen molar-refractivity contribution in [2.75, 3.05) is 11.9 Å². The second kappa shape index (κ2) is 6.44. The van der Waals surface area contributed by atoms with Gasteiger partial charge in [-0.2, -0.15) is 5.10 Å². The highest BCUT2D eigenvalue weighted by molar-refractivity contribution is 7.89. The lowest BCUT2D eigenvalue weighted by atomic mass is 10.4. The van der Waals surface area contributed by atoms with Crippen molar-refractivity contribution in [1.82, 2.24) is 24.9 Å². The van der Waals surface area contributed by atoms with Crippen molar-refractivity contribution in [2.24, 2.45) is 0 Å². The highest BCUT2D eigenvalue weighted by atomic mass is 32.2. The summed E-state index contributed by atoms with van der Waals surface area (Å²) in [5.74, 6) is 0.792. The molecule has 0 unspecified atom stereocenters. The van der Waals surface area contributed by atoms with Crippen LogP contribution in [0.2, 0.25) is 0 Å². The first-order valence-electron chi connectivity index (χ1n) is 6.16. The topological polar surface area (TPSA) is 113 Å². The minimum absolute atomic E-state index is 0.0461. The van der Waals surface area contributed by atoms with Crippen molar-refractivity contribution in [1.29, 1.82) is 0 Å². The number of aromatic nitrogens is 4. The molecule has 0 saturated carbocycles. The fourth-order valence-corrected chi connectivity index (χ4v) is 2.66. The number of rotatable bonds is 7. The molecule has 108 valence electrons. The molecule has 0 fully saturated rings. The molecular formula is C11H16N6O2S. The third-order valence-corrected chi connectivity index (χ3v) is 3.93. The van der Waals surface area contributed by atoms with Gasteiger partial charge in [-0.1, -0.05) is 6.92 Å². The number of nitrogens with zero attached hydrogens (tertiary/aromatic N) is 3. The third kappa shape index (κ3) is 3.52. The molecule has 2 rings (SSSR count). The van der Waals surface area contributed by atoms with Crippen molar-refractivity contribution in [3.05, 3.63) is 30.5 Å². The number of hydrogen-bond acceptors (Lipinski definition) is 6. The summed E-state index contributed by atoms with van der Waals surface area (Å²) in [6.45, 7) is 2.69. The monoisotopic (exact) mass is 296 g/mol. The van der Waals surface area contributed by atoms with Crippen LogP contribution in [0.3, 0.4) is 0 Å². The number of H-pyrrole nitrogens is 1. The SMILES string of the molecule is CCCNc1ncccc1S(=O)(=O)NCc1ncn[nH]1. The highest BCUT2D eigenvalue weighted by Gasteiger charge is 2.19. The second-order valence-electron chi connectivity index (χ2n) is 4.03. The van der Waals surface area contributed by atoms with Crippen molar-refractivity contribution >= 4 is 15.8 Å². The van der Waals surface area contributed by atoms with Crippen LogP contribution in [-0.4, -0.2) is 35.1 Å². The number of hydrogen-bond donors (Lipinski definition) is 3. The van der Waals surface area contributed by atoms with Crippen LogP contribution >= 0.6 is 0 Å². The first-order chi connectivity index (χ1) is 9.63. The fourth-order valence-electron chi connectivity index (χ4n) is 1.54. The molecule has 0 aliphatic carbocycles. The van der Waals surface area contributed by atoms with Crippen molar-refractivity contribution in [3.63, 3.8) is 0 Å². The van der Waals surface area contributed by atoms with E-state index in [0.29, 0.717) is 18.2 Å². The number of pyridine rings is 1. The zero-order chi connectivity index (χ0) is 14.4. The summed E-state index contributed by atoms with van der Waals surface area (Å²) in [5.41, 5.74) is 0. The van der Waals surface area contributed by atoms with Gasteiger partial charge in [-0.15, -0.1) is 0 Å². The Kier molecular flexibility index (Phi) is 4.64. The molecule has 2 heterocycles. The van der Waals surface area contributed by atoms with E-state index in [1.807, 2.05) is 6.92 Å². The molecule has 2 aromatic rings. The highest BCUT2D eigenvalue weighted by Crippen LogP contribution is 2.17. The summed E-state index contributed by atoms with van der Waals surface area (Å²) in [4.78, 5) is 8.04. The van der Waals surface area contributed by atoms with E-state index in [4.69, 9.17) is 0 Å². The standard InChI is InChI=1S/C11H16N6O2S/c1-2-5-12-11-9(4-3-6-13-11)20(18,19)16-7-10-14-8-15-17-10/h3-4,6,8,16H,2,5,7H2,1H3,(H,12,13)(H,14,15,17). The Morgan fingerprint density at radius 1 is 1.35 bits per heavy atom. The van der Waals surface area contributed by atoms with Gasteiger partial charge in [-0.3, -0.25) is 5.10 Å². The predicted octanol–water partition coefficient (Wildman–Crippen LogP) is 0.500. The molecule has 0 saturated heterocycles. The maximum absolute atomic E-state index is 12.3. The Bertz CT molecular complexity index is 641. The van der Waals surface area contributed by atoms with E-state index in [-0.39, 0.29) is 11.4 Å². The molecule has 0 radical (unpaired) electrons. The summed E-state index contributed by atoms with van der Waals surface area (Å²) in [6, 6.07) is 3.09. The summed E-state index contributed by atoms with van der Waals surface area (Å²) in [5, 5.41) is 9.24. The molecule has 0 atom stereocenters. The van der Waals surface area contributed by atoms with Gasteiger partial charge in [-0.25, -0.2) is 23.1 Å². The number of anilines is 1. The lowest BCUT2D eigenvalue weighted by Gasteiger charge is -2.11. The molecule has 9 heteroatoms. The molecule has 0 spiro atoms. The summed E-state index contributed by atoms with van der Waals surface area (Å²) in [7, 11) is -3.66. The molecule has 3 N–H and O–H groups in total. The van der Waals surface area contributed by atoms with Gasteiger partial charge < -0.3 is 5.32 Å². The van der Waals surface area contributed by atoms with E-state index < -0.39 is 10.0 Å². The minimum Gasteiger partial charge on any atom is -0.369 e. The lowest BCUT2D eigenvalue weighted by Crippen LogP contribution is -2.25. The lowest BCUT2D eigenvalue weighted by molar-refractivity contribution is 0.579. The fraction of sp³-hybridized carbons (Fsp3) is 0.364. The van der Waals surface area contributed by atoms with Crippen molar-refractivity contribution in [2.45, 2.75) is 24.8 Å². The van der Waals surface area contributed by atoms with Crippen LogP contribution in [0.1, 0.15) is 19.2 Å². The Balaban J connectivity index is 2.16. The molecular weight excluding hydrogens is 280 g/mol. The van der Waals surface area contributed by atoms with Gasteiger partial charge in [0.2, 0.25) is 10.0 Å². The molecule has 0 aliphatic heterocycles. The molecule has 20 heavy (non-hydrogen) atoms. The van der Waals surface area contributed by atoms with Gasteiger partial charge in [0.25, 0.3) is 0 Å². The molecule has 0 bridgehead atoms. The Labute approximate surface area is 117 Å². The van der Waals surface area contributed by atoms with Crippen LogP contribution in [-0.2, 0) is 16.6 Å². The molecule has 8 nitrogen and oxygen atoms in total. The van der Waals surface area contributed by atoms with Crippen LogP contribution in [0.4, 0.5) is 5.82 Å². The van der Waals surface area contributed by atoms with Crippen LogP contribution in [0.5, 0.6) is 0 Å². The van der Waals surface area contributed by atoms with E-state index in [1.165, 1.54) is 12.4 Å². The van der Waals surface area contributed by atoms with E-state index in [9.17, 15) is 8.42 Å². The third-order valence-electron chi connectivity index (χ3n) is 2.50. The van der Waals surface area contributed by atoms with E-state index >= 15 is 0 Å². The maximum Gasteiger partial charge on any atom is 0.244 e. The second-order valence-corrected chi connectivity index (χ2v) is 5.77. The normalized spacial score (nSPS) is 11.4. The van der Waals surface area contributed by atoms with Gasteiger partial charge in [0.05, 0.1) is 6.54 Å². The quantitative estimate of drug-likeness (QED) is 0.686. The smallest absolute Gasteiger partial charge is 0.244 e. The van der Waals surface area contributed by atoms with Crippen LogP contribution in [0.25, 0.3) is 0 Å². The van der Waals surface area contributed by atoms with E-state index in [2.05, 4.69) is 30.2 Å². The van der Waals surface area contributed by atoms with E-state index in [0.717, 1.165) is 6.42 Å². The average molecular weight is 296 g/mol. The van der Waals surface area contributed by atoms with E-state index in [1.54, 1.807) is 12.3 Å².